The second-order valence-corrected chi connectivity index (χ2v) is 10.6. The average molecular weight is 531 g/mol. The summed E-state index contributed by atoms with van der Waals surface area (Å²) >= 11 is 0. The highest BCUT2D eigenvalue weighted by molar-refractivity contribution is 6.58. The van der Waals surface area contributed by atoms with Crippen LogP contribution >= 0.6 is 0 Å². The molecular formula is C34H47BO4. The summed E-state index contributed by atoms with van der Waals surface area (Å²) in [6.07, 6.45) is 9.18. The standard InChI is InChI=1S/C34H47BO4/c1-5-26(6-2)15-13-21-38-33-19-11-9-17-31(33)28-23-29(25-30(24-28)35(36)37)32-18-10-12-20-34(32)39-22-14-16-27(7-3)8-4/h9-12,17-20,23-27,36-37H,5-8,13-16,21-22H2,1-4H3. The van der Waals surface area contributed by atoms with E-state index in [1.807, 2.05) is 60.7 Å². The number of para-hydroxylation sites is 2. The molecule has 0 radical (unpaired) electrons. The van der Waals surface area contributed by atoms with Gasteiger partial charge in [0.1, 0.15) is 11.5 Å². The minimum Gasteiger partial charge on any atom is -0.493 e. The lowest BCUT2D eigenvalue weighted by molar-refractivity contribution is 0.289. The highest BCUT2D eigenvalue weighted by atomic mass is 16.5. The van der Waals surface area contributed by atoms with Crippen molar-refractivity contribution in [1.29, 1.82) is 0 Å². The lowest BCUT2D eigenvalue weighted by atomic mass is 9.77. The second kappa shape index (κ2) is 16.4. The van der Waals surface area contributed by atoms with Gasteiger partial charge in [-0.3, -0.25) is 0 Å². The van der Waals surface area contributed by atoms with E-state index in [0.29, 0.717) is 18.7 Å². The summed E-state index contributed by atoms with van der Waals surface area (Å²) < 4.78 is 12.5. The highest BCUT2D eigenvalue weighted by Crippen LogP contribution is 2.35. The third kappa shape index (κ3) is 9.15. The van der Waals surface area contributed by atoms with Crippen LogP contribution in [-0.4, -0.2) is 30.4 Å². The van der Waals surface area contributed by atoms with E-state index in [0.717, 1.165) is 58.4 Å². The van der Waals surface area contributed by atoms with Crippen molar-refractivity contribution in [2.75, 3.05) is 13.2 Å². The van der Waals surface area contributed by atoms with Crippen LogP contribution in [0.4, 0.5) is 0 Å². The Hall–Kier alpha value is -2.76. The molecule has 0 aliphatic rings. The van der Waals surface area contributed by atoms with E-state index >= 15 is 0 Å². The Morgan fingerprint density at radius 2 is 1.03 bits per heavy atom. The summed E-state index contributed by atoms with van der Waals surface area (Å²) in [6.45, 7) is 10.3. The maximum atomic E-state index is 10.1. The molecule has 0 saturated carbocycles. The van der Waals surface area contributed by atoms with Gasteiger partial charge in [-0.05, 0) is 72.3 Å². The SMILES string of the molecule is CCC(CC)CCCOc1ccccc1-c1cc(B(O)O)cc(-c2ccccc2OCCCC(CC)CC)c1. The van der Waals surface area contributed by atoms with Crippen molar-refractivity contribution >= 4 is 12.6 Å². The Morgan fingerprint density at radius 1 is 0.615 bits per heavy atom. The molecule has 0 fully saturated rings. The van der Waals surface area contributed by atoms with E-state index in [9.17, 15) is 10.0 Å². The van der Waals surface area contributed by atoms with Crippen LogP contribution in [0, 0.1) is 11.8 Å². The van der Waals surface area contributed by atoms with Gasteiger partial charge in [-0.15, -0.1) is 0 Å². The minimum absolute atomic E-state index is 0.439. The van der Waals surface area contributed by atoms with E-state index in [2.05, 4.69) is 33.8 Å². The maximum Gasteiger partial charge on any atom is 0.488 e. The minimum atomic E-state index is -1.58. The molecule has 0 unspecified atom stereocenters. The first-order valence-electron chi connectivity index (χ1n) is 15.0. The Bertz CT molecular complexity index is 1040. The molecule has 0 aliphatic heterocycles. The molecule has 39 heavy (non-hydrogen) atoms. The first-order valence-corrected chi connectivity index (χ1v) is 15.0. The van der Waals surface area contributed by atoms with E-state index in [1.54, 1.807) is 0 Å². The molecule has 3 rings (SSSR count). The Kier molecular flexibility index (Phi) is 12.9. The third-order valence-corrected chi connectivity index (χ3v) is 7.99. The number of benzene rings is 3. The maximum absolute atomic E-state index is 10.1. The van der Waals surface area contributed by atoms with Gasteiger partial charge in [-0.25, -0.2) is 0 Å². The molecule has 2 N–H and O–H groups in total. The van der Waals surface area contributed by atoms with Gasteiger partial charge in [0, 0.05) is 11.1 Å². The molecule has 210 valence electrons. The van der Waals surface area contributed by atoms with Crippen molar-refractivity contribution in [3.8, 4) is 33.8 Å². The zero-order valence-electron chi connectivity index (χ0n) is 24.4. The highest BCUT2D eigenvalue weighted by Gasteiger charge is 2.18. The normalized spacial score (nSPS) is 11.3. The lowest BCUT2D eigenvalue weighted by Gasteiger charge is -2.17. The first-order chi connectivity index (χ1) is 19.0. The lowest BCUT2D eigenvalue weighted by Crippen LogP contribution is -2.30. The molecule has 0 heterocycles. The molecule has 0 atom stereocenters. The smallest absolute Gasteiger partial charge is 0.488 e. The third-order valence-electron chi connectivity index (χ3n) is 7.99. The average Bonchev–Trinajstić information content (AvgIpc) is 2.97. The van der Waals surface area contributed by atoms with Crippen molar-refractivity contribution in [2.24, 2.45) is 11.8 Å². The van der Waals surface area contributed by atoms with E-state index < -0.39 is 7.12 Å². The van der Waals surface area contributed by atoms with Gasteiger partial charge in [0.05, 0.1) is 13.2 Å². The summed E-state index contributed by atoms with van der Waals surface area (Å²) in [5, 5.41) is 20.3. The van der Waals surface area contributed by atoms with E-state index in [4.69, 9.17) is 9.47 Å². The molecule has 3 aromatic rings. The molecular weight excluding hydrogens is 483 g/mol. The fourth-order valence-corrected chi connectivity index (χ4v) is 5.28. The predicted molar refractivity (Wildman–Crippen MR) is 165 cm³/mol. The first kappa shape index (κ1) is 30.8. The molecule has 0 aliphatic carbocycles. The number of hydrogen-bond acceptors (Lipinski definition) is 4. The summed E-state index contributed by atoms with van der Waals surface area (Å²) in [5.74, 6) is 3.11. The molecule has 0 aromatic heterocycles. The predicted octanol–water partition coefficient (Wildman–Crippen LogP) is 7.89. The Morgan fingerprint density at radius 3 is 1.41 bits per heavy atom. The van der Waals surface area contributed by atoms with Crippen molar-refractivity contribution < 1.29 is 19.5 Å². The van der Waals surface area contributed by atoms with Crippen LogP contribution in [0.1, 0.15) is 79.1 Å². The molecule has 3 aromatic carbocycles. The van der Waals surface area contributed by atoms with E-state index in [-0.39, 0.29) is 0 Å². The van der Waals surface area contributed by atoms with Gasteiger partial charge >= 0.3 is 7.12 Å². The molecule has 0 saturated heterocycles. The Labute approximate surface area is 236 Å². The Balaban J connectivity index is 1.85. The van der Waals surface area contributed by atoms with Crippen molar-refractivity contribution in [2.45, 2.75) is 79.1 Å². The van der Waals surface area contributed by atoms with Crippen molar-refractivity contribution in [3.05, 3.63) is 66.7 Å². The van der Waals surface area contributed by atoms with Crippen LogP contribution in [0.15, 0.2) is 66.7 Å². The van der Waals surface area contributed by atoms with Gasteiger partial charge < -0.3 is 19.5 Å². The summed E-state index contributed by atoms with van der Waals surface area (Å²) in [6, 6.07) is 21.7. The van der Waals surface area contributed by atoms with Crippen LogP contribution < -0.4 is 14.9 Å². The van der Waals surface area contributed by atoms with Gasteiger partial charge in [0.2, 0.25) is 0 Å². The van der Waals surface area contributed by atoms with Gasteiger partial charge in [0.15, 0.2) is 0 Å². The van der Waals surface area contributed by atoms with Gasteiger partial charge in [-0.1, -0.05) is 102 Å². The van der Waals surface area contributed by atoms with Crippen LogP contribution in [0.2, 0.25) is 0 Å². The number of hydrogen-bond donors (Lipinski definition) is 2. The fourth-order valence-electron chi connectivity index (χ4n) is 5.28. The zero-order chi connectivity index (χ0) is 28.0. The van der Waals surface area contributed by atoms with Crippen LogP contribution in [0.25, 0.3) is 22.3 Å². The molecule has 0 bridgehead atoms. The summed E-state index contributed by atoms with van der Waals surface area (Å²) in [5.41, 5.74) is 4.08. The second-order valence-electron chi connectivity index (χ2n) is 10.6. The molecule has 0 amide bonds. The summed E-state index contributed by atoms with van der Waals surface area (Å²) in [4.78, 5) is 0. The molecule has 4 nitrogen and oxygen atoms in total. The molecule has 0 spiro atoms. The van der Waals surface area contributed by atoms with Crippen LogP contribution in [0.3, 0.4) is 0 Å². The largest absolute Gasteiger partial charge is 0.493 e. The fraction of sp³-hybridized carbons (Fsp3) is 0.471. The van der Waals surface area contributed by atoms with Crippen LogP contribution in [0.5, 0.6) is 11.5 Å². The number of ether oxygens (including phenoxy) is 2. The van der Waals surface area contributed by atoms with Crippen LogP contribution in [-0.2, 0) is 0 Å². The van der Waals surface area contributed by atoms with E-state index in [1.165, 1.54) is 38.5 Å². The van der Waals surface area contributed by atoms with Crippen molar-refractivity contribution in [1.82, 2.24) is 0 Å². The summed E-state index contributed by atoms with van der Waals surface area (Å²) in [7, 11) is -1.58. The number of rotatable bonds is 17. The zero-order valence-corrected chi connectivity index (χ0v) is 24.4. The quantitative estimate of drug-likeness (QED) is 0.138. The topological polar surface area (TPSA) is 58.9 Å². The monoisotopic (exact) mass is 530 g/mol. The van der Waals surface area contributed by atoms with Gasteiger partial charge in [0.25, 0.3) is 0 Å². The van der Waals surface area contributed by atoms with Crippen molar-refractivity contribution in [3.63, 3.8) is 0 Å². The molecule has 5 heteroatoms. The van der Waals surface area contributed by atoms with Gasteiger partial charge in [-0.2, -0.15) is 0 Å².